The van der Waals surface area contributed by atoms with Crippen molar-refractivity contribution in [1.82, 2.24) is 0 Å². The number of carboxylic acids is 3. The third-order valence-electron chi connectivity index (χ3n) is 2.41. The molecule has 0 amide bonds. The molecule has 1 aromatic carbocycles. The second kappa shape index (κ2) is 21.2. The van der Waals surface area contributed by atoms with Crippen LogP contribution in [0.5, 0.6) is 0 Å². The summed E-state index contributed by atoms with van der Waals surface area (Å²) in [6.07, 6.45) is 0. The Kier molecular flexibility index (Phi) is 22.0. The number of ether oxygens (including phenoxy) is 3. The van der Waals surface area contributed by atoms with Crippen molar-refractivity contribution in [2.45, 2.75) is 20.8 Å². The van der Waals surface area contributed by atoms with Crippen LogP contribution in [0.2, 0.25) is 0 Å². The Labute approximate surface area is 185 Å². The predicted molar refractivity (Wildman–Crippen MR) is 109 cm³/mol. The van der Waals surface area contributed by atoms with Crippen LogP contribution < -0.4 is 20.5 Å². The Hall–Kier alpha value is -3.53. The number of carboxylic acid groups (broad SMARTS) is 3. The fourth-order valence-electron chi connectivity index (χ4n) is 1.14. The maximum absolute atomic E-state index is 9.75. The molecule has 31 heavy (non-hydrogen) atoms. The Morgan fingerprint density at radius 1 is 0.710 bits per heavy atom. The van der Waals surface area contributed by atoms with Gasteiger partial charge in [0.05, 0.1) is 19.8 Å². The van der Waals surface area contributed by atoms with Gasteiger partial charge in [-0.2, -0.15) is 0 Å². The third-order valence-corrected chi connectivity index (χ3v) is 2.75. The van der Waals surface area contributed by atoms with Gasteiger partial charge >= 0.3 is 45.8 Å². The van der Waals surface area contributed by atoms with Crippen molar-refractivity contribution in [2.75, 3.05) is 19.8 Å². The van der Waals surface area contributed by atoms with Gasteiger partial charge in [0.2, 0.25) is 0 Å². The van der Waals surface area contributed by atoms with Crippen LogP contribution in [0.3, 0.4) is 0 Å². The summed E-state index contributed by atoms with van der Waals surface area (Å²) in [7, 11) is 3.36. The maximum atomic E-state index is 9.75. The van der Waals surface area contributed by atoms with Crippen LogP contribution in [0, 0.1) is 0 Å². The van der Waals surface area contributed by atoms with Crippen LogP contribution in [0.25, 0.3) is 0 Å². The number of carbonyl (C=O) groups is 3. The first kappa shape index (κ1) is 32.1. The third kappa shape index (κ3) is 24.4. The Morgan fingerprint density at radius 2 is 0.968 bits per heavy atom. The van der Waals surface area contributed by atoms with E-state index in [0.717, 1.165) is 5.19 Å². The molecule has 0 heterocycles. The van der Waals surface area contributed by atoms with Gasteiger partial charge in [-0.3, -0.25) is 0 Å². The minimum absolute atomic E-state index is 0.312. The molecule has 0 radical (unpaired) electrons. The topological polar surface area (TPSA) is 148 Å². The van der Waals surface area contributed by atoms with Crippen LogP contribution in [-0.4, -0.2) is 48.0 Å². The summed E-state index contributed by atoms with van der Waals surface area (Å²) in [6, 6.07) is 9.96. The molecule has 0 atom stereocenters. The van der Waals surface area contributed by atoms with Gasteiger partial charge in [0, 0.05) is 0 Å². The molecule has 10 heteroatoms. The van der Waals surface area contributed by atoms with Gasteiger partial charge in [-0.05, 0) is 20.8 Å². The molecule has 0 fully saturated rings. The normalized spacial score (nSPS) is 8.29. The van der Waals surface area contributed by atoms with E-state index in [-0.39, 0.29) is 17.3 Å². The summed E-state index contributed by atoms with van der Waals surface area (Å²) >= 11 is 0. The molecule has 0 aliphatic rings. The Morgan fingerprint density at radius 3 is 1.06 bits per heavy atom. The summed E-state index contributed by atoms with van der Waals surface area (Å²) in [5.41, 5.74) is 0. The van der Waals surface area contributed by atoms with Gasteiger partial charge in [-0.25, -0.2) is 0 Å². The summed E-state index contributed by atoms with van der Waals surface area (Å²) in [4.78, 5) is 29.3. The van der Waals surface area contributed by atoms with Gasteiger partial charge in [0.15, 0.2) is 0 Å². The van der Waals surface area contributed by atoms with Gasteiger partial charge in [-0.15, -0.1) is 0 Å². The van der Waals surface area contributed by atoms with E-state index < -0.39 is 17.9 Å². The van der Waals surface area contributed by atoms with Crippen molar-refractivity contribution in [2.24, 2.45) is 0 Å². The standard InChI is InChI=1S/C6H5Si.3C5H8O3/c7-6-4-2-1-3-5-6;3*1-3-8-4(2)5(6)7/h1-5H;3*2-3H2,1H3,(H,6,7)/q+3;;;/p-3. The van der Waals surface area contributed by atoms with E-state index in [1.165, 1.54) is 0 Å². The van der Waals surface area contributed by atoms with Crippen LogP contribution in [0.15, 0.2) is 67.3 Å². The Balaban J connectivity index is -0.000000337. The monoisotopic (exact) mass is 450 g/mol. The number of hydrogen-bond donors (Lipinski definition) is 0. The molecule has 0 aliphatic carbocycles. The predicted octanol–water partition coefficient (Wildman–Crippen LogP) is -1.66. The van der Waals surface area contributed by atoms with E-state index >= 15 is 0 Å². The fourth-order valence-corrected chi connectivity index (χ4v) is 1.33. The first-order valence-corrected chi connectivity index (χ1v) is 9.30. The SMILES string of the molecule is C=C(OCC)C(=O)[O-].C=C(OCC)C(=O)[O-].C=C(OCC)C(=O)[O-].[Si+3]c1ccccc1. The zero-order chi connectivity index (χ0) is 24.8. The molecule has 0 saturated heterocycles. The van der Waals surface area contributed by atoms with Gasteiger partial charge in [-0.1, -0.05) is 19.7 Å². The zero-order valence-corrected chi connectivity index (χ0v) is 18.8. The van der Waals surface area contributed by atoms with E-state index in [0.29, 0.717) is 19.8 Å². The van der Waals surface area contributed by atoms with E-state index in [9.17, 15) is 29.7 Å². The molecule has 0 aromatic heterocycles. The fraction of sp³-hybridized carbons (Fsp3) is 0.286. The molecule has 0 spiro atoms. The number of benzene rings is 1. The number of rotatable bonds is 9. The first-order valence-electron chi connectivity index (χ1n) is 8.80. The molecule has 1 aromatic rings. The van der Waals surface area contributed by atoms with Gasteiger partial charge < -0.3 is 43.9 Å². The van der Waals surface area contributed by atoms with E-state index in [1.807, 2.05) is 30.3 Å². The zero-order valence-electron chi connectivity index (χ0n) is 17.8. The van der Waals surface area contributed by atoms with E-state index in [2.05, 4.69) is 44.2 Å². The minimum atomic E-state index is -1.35. The van der Waals surface area contributed by atoms with Gasteiger partial charge in [0.25, 0.3) is 0 Å². The average Bonchev–Trinajstić information content (AvgIpc) is 2.70. The van der Waals surface area contributed by atoms with Gasteiger partial charge in [0.1, 0.15) is 35.2 Å². The van der Waals surface area contributed by atoms with Crippen LogP contribution in [-0.2, 0) is 28.6 Å². The number of hydrogen-bond acceptors (Lipinski definition) is 9. The van der Waals surface area contributed by atoms with Crippen molar-refractivity contribution in [1.29, 1.82) is 0 Å². The van der Waals surface area contributed by atoms with Crippen LogP contribution in [0.4, 0.5) is 0 Å². The Bertz CT molecular complexity index is 633. The molecule has 0 N–H and O–H groups in total. The number of carbonyl (C=O) groups excluding carboxylic acids is 3. The molecular weight excluding hydrogens is 424 g/mol. The molecule has 0 saturated carbocycles. The van der Waals surface area contributed by atoms with Crippen molar-refractivity contribution in [3.05, 3.63) is 67.3 Å². The second-order valence-corrected chi connectivity index (χ2v) is 5.37. The molecule has 0 bridgehead atoms. The first-order chi connectivity index (χ1) is 14.4. The molecule has 1 rings (SSSR count). The summed E-state index contributed by atoms with van der Waals surface area (Å²) in [6.45, 7) is 15.1. The van der Waals surface area contributed by atoms with Crippen LogP contribution in [0.1, 0.15) is 20.8 Å². The van der Waals surface area contributed by atoms with E-state index in [1.54, 1.807) is 20.8 Å². The molecule has 168 valence electrons. The van der Waals surface area contributed by atoms with Crippen molar-refractivity contribution >= 4 is 33.3 Å². The quantitative estimate of drug-likeness (QED) is 0.245. The van der Waals surface area contributed by atoms with Crippen LogP contribution >= 0.6 is 0 Å². The summed E-state index contributed by atoms with van der Waals surface area (Å²) in [5, 5.41) is 30.4. The number of aliphatic carboxylic acids is 3. The van der Waals surface area contributed by atoms with Crippen molar-refractivity contribution in [3.8, 4) is 0 Å². The molecular formula is C21H26O9Si. The van der Waals surface area contributed by atoms with Crippen molar-refractivity contribution in [3.63, 3.8) is 0 Å². The summed E-state index contributed by atoms with van der Waals surface area (Å²) < 4.78 is 13.3. The molecule has 0 unspecified atom stereocenters. The van der Waals surface area contributed by atoms with Crippen molar-refractivity contribution < 1.29 is 43.9 Å². The molecule has 0 aliphatic heterocycles. The second-order valence-electron chi connectivity index (χ2n) is 4.80. The van der Waals surface area contributed by atoms with E-state index in [4.69, 9.17) is 0 Å². The average molecular weight is 451 g/mol. The molecule has 9 nitrogen and oxygen atoms in total. The summed E-state index contributed by atoms with van der Waals surface area (Å²) in [5.74, 6) is -5.00.